The van der Waals surface area contributed by atoms with E-state index in [4.69, 9.17) is 9.66 Å². The summed E-state index contributed by atoms with van der Waals surface area (Å²) in [5.41, 5.74) is 1.39. The van der Waals surface area contributed by atoms with Gasteiger partial charge in [-0.25, -0.2) is 9.00 Å². The van der Waals surface area contributed by atoms with Gasteiger partial charge in [-0.05, 0) is 30.5 Å². The van der Waals surface area contributed by atoms with Crippen molar-refractivity contribution in [2.24, 2.45) is 0 Å². The van der Waals surface area contributed by atoms with E-state index in [1.807, 2.05) is 6.92 Å². The van der Waals surface area contributed by atoms with Crippen LogP contribution in [-0.4, -0.2) is 19.8 Å². The maximum atomic E-state index is 11.0. The molecule has 5 heteroatoms. The van der Waals surface area contributed by atoms with Gasteiger partial charge in [-0.3, -0.25) is 0 Å². The average Bonchev–Trinajstić information content (AvgIpc) is 2.16. The molecule has 2 N–H and O–H groups in total. The van der Waals surface area contributed by atoms with Gasteiger partial charge in [-0.2, -0.15) is 0 Å². The lowest BCUT2D eigenvalue weighted by molar-refractivity contribution is 0.0696. The first kappa shape index (κ1) is 11.9. The van der Waals surface area contributed by atoms with Crippen molar-refractivity contribution < 1.29 is 18.7 Å². The topological polar surface area (TPSA) is 74.6 Å². The molecule has 82 valence electrons. The smallest absolute Gasteiger partial charge is 0.335 e. The molecule has 0 aromatic heterocycles. The first-order chi connectivity index (χ1) is 6.97. The molecule has 4 nitrogen and oxygen atoms in total. The summed E-state index contributed by atoms with van der Waals surface area (Å²) < 4.78 is 20.0. The van der Waals surface area contributed by atoms with Gasteiger partial charge in [0.1, 0.15) is 0 Å². The minimum atomic E-state index is -2.14. The summed E-state index contributed by atoms with van der Waals surface area (Å²) in [6.45, 7) is 3.53. The summed E-state index contributed by atoms with van der Waals surface area (Å²) in [6.07, 6.45) is 0.600. The molecule has 15 heavy (non-hydrogen) atoms. The SMILES string of the molecule is CCc1cc(C)c(C(=O)O)cc1S(=O)O. The van der Waals surface area contributed by atoms with Crippen LogP contribution in [0.3, 0.4) is 0 Å². The third-order valence-electron chi connectivity index (χ3n) is 2.21. The largest absolute Gasteiger partial charge is 0.478 e. The van der Waals surface area contributed by atoms with Gasteiger partial charge in [-0.15, -0.1) is 0 Å². The van der Waals surface area contributed by atoms with Gasteiger partial charge in [0.25, 0.3) is 0 Å². The highest BCUT2D eigenvalue weighted by Gasteiger charge is 2.14. The Labute approximate surface area is 90.2 Å². The number of benzene rings is 1. The van der Waals surface area contributed by atoms with E-state index in [1.54, 1.807) is 13.0 Å². The molecule has 0 saturated heterocycles. The van der Waals surface area contributed by atoms with E-state index in [0.717, 1.165) is 0 Å². The first-order valence-electron chi connectivity index (χ1n) is 4.45. The van der Waals surface area contributed by atoms with E-state index in [0.29, 0.717) is 17.5 Å². The maximum absolute atomic E-state index is 11.0. The highest BCUT2D eigenvalue weighted by molar-refractivity contribution is 7.79. The predicted molar refractivity (Wildman–Crippen MR) is 56.6 cm³/mol. The molecule has 1 aromatic carbocycles. The molecule has 0 spiro atoms. The molecule has 0 radical (unpaired) electrons. The van der Waals surface area contributed by atoms with Crippen LogP contribution in [0.15, 0.2) is 17.0 Å². The zero-order valence-corrected chi connectivity index (χ0v) is 9.30. The van der Waals surface area contributed by atoms with E-state index >= 15 is 0 Å². The minimum absolute atomic E-state index is 0.0737. The van der Waals surface area contributed by atoms with Crippen molar-refractivity contribution in [2.45, 2.75) is 25.2 Å². The third-order valence-corrected chi connectivity index (χ3v) is 2.96. The summed E-state index contributed by atoms with van der Waals surface area (Å²) >= 11 is -2.14. The van der Waals surface area contributed by atoms with Crippen molar-refractivity contribution in [1.82, 2.24) is 0 Å². The lowest BCUT2D eigenvalue weighted by atomic mass is 10.0. The molecule has 0 aliphatic carbocycles. The minimum Gasteiger partial charge on any atom is -0.478 e. The molecule has 1 rings (SSSR count). The molecule has 0 fully saturated rings. The Morgan fingerprint density at radius 3 is 2.47 bits per heavy atom. The van der Waals surface area contributed by atoms with Crippen molar-refractivity contribution in [3.05, 3.63) is 28.8 Å². The van der Waals surface area contributed by atoms with E-state index in [-0.39, 0.29) is 10.5 Å². The van der Waals surface area contributed by atoms with E-state index in [2.05, 4.69) is 0 Å². The fourth-order valence-electron chi connectivity index (χ4n) is 1.42. The summed E-state index contributed by atoms with van der Waals surface area (Å²) in [4.78, 5) is 11.0. The van der Waals surface area contributed by atoms with E-state index in [1.165, 1.54) is 6.07 Å². The van der Waals surface area contributed by atoms with Crippen LogP contribution in [0.5, 0.6) is 0 Å². The summed E-state index contributed by atoms with van der Waals surface area (Å²) in [5, 5.41) is 8.85. The standard InChI is InChI=1S/C10H12O4S/c1-3-7-4-6(2)8(10(11)12)5-9(7)15(13)14/h4-5H,3H2,1-2H3,(H,11,12)(H,13,14). The second-order valence-corrected chi connectivity index (χ2v) is 4.12. The van der Waals surface area contributed by atoms with Gasteiger partial charge in [-0.1, -0.05) is 13.0 Å². The van der Waals surface area contributed by atoms with Crippen LogP contribution in [0.25, 0.3) is 0 Å². The van der Waals surface area contributed by atoms with Gasteiger partial charge in [0.05, 0.1) is 10.5 Å². The molecule has 1 atom stereocenters. The Kier molecular flexibility index (Phi) is 3.60. The zero-order valence-electron chi connectivity index (χ0n) is 8.48. The summed E-state index contributed by atoms with van der Waals surface area (Å²) in [6, 6.07) is 2.92. The molecule has 0 saturated carbocycles. The normalized spacial score (nSPS) is 12.5. The van der Waals surface area contributed by atoms with Crippen molar-refractivity contribution in [1.29, 1.82) is 0 Å². The molecule has 1 unspecified atom stereocenters. The Morgan fingerprint density at radius 2 is 2.07 bits per heavy atom. The molecule has 1 aromatic rings. The molecule has 0 bridgehead atoms. The first-order valence-corrected chi connectivity index (χ1v) is 5.55. The summed E-state index contributed by atoms with van der Waals surface area (Å²) in [5.74, 6) is -1.08. The van der Waals surface area contributed by atoms with Crippen LogP contribution in [0.2, 0.25) is 0 Å². The highest BCUT2D eigenvalue weighted by Crippen LogP contribution is 2.19. The van der Waals surface area contributed by atoms with Crippen molar-refractivity contribution in [3.8, 4) is 0 Å². The van der Waals surface area contributed by atoms with Crippen molar-refractivity contribution in [3.63, 3.8) is 0 Å². The number of aryl methyl sites for hydroxylation is 2. The number of aromatic carboxylic acids is 1. The highest BCUT2D eigenvalue weighted by atomic mass is 32.2. The number of hydrogen-bond acceptors (Lipinski definition) is 2. The fourth-order valence-corrected chi connectivity index (χ4v) is 2.06. The number of carboxylic acid groups (broad SMARTS) is 1. The van der Waals surface area contributed by atoms with Crippen LogP contribution in [-0.2, 0) is 17.5 Å². The van der Waals surface area contributed by atoms with Gasteiger partial charge >= 0.3 is 5.97 Å². The second-order valence-electron chi connectivity index (χ2n) is 3.18. The number of carbonyl (C=O) groups is 1. The van der Waals surface area contributed by atoms with Crippen LogP contribution in [0, 0.1) is 6.92 Å². The third kappa shape index (κ3) is 2.43. The zero-order chi connectivity index (χ0) is 11.6. The van der Waals surface area contributed by atoms with E-state index in [9.17, 15) is 9.00 Å². The molecule has 0 heterocycles. The molecule has 0 aliphatic rings. The number of carboxylic acids is 1. The van der Waals surface area contributed by atoms with Crippen LogP contribution in [0.1, 0.15) is 28.4 Å². The Bertz CT molecular complexity index is 426. The van der Waals surface area contributed by atoms with Crippen LogP contribution >= 0.6 is 0 Å². The number of hydrogen-bond donors (Lipinski definition) is 2. The Morgan fingerprint density at radius 1 is 1.47 bits per heavy atom. The quantitative estimate of drug-likeness (QED) is 0.774. The van der Waals surface area contributed by atoms with Crippen LogP contribution < -0.4 is 0 Å². The van der Waals surface area contributed by atoms with Gasteiger partial charge in [0, 0.05) is 0 Å². The lowest BCUT2D eigenvalue weighted by Gasteiger charge is -2.08. The molecule has 0 aliphatic heterocycles. The summed E-state index contributed by atoms with van der Waals surface area (Å²) in [7, 11) is 0. The van der Waals surface area contributed by atoms with Gasteiger partial charge < -0.3 is 9.66 Å². The van der Waals surface area contributed by atoms with E-state index < -0.39 is 17.0 Å². The van der Waals surface area contributed by atoms with Crippen molar-refractivity contribution in [2.75, 3.05) is 0 Å². The number of rotatable bonds is 3. The van der Waals surface area contributed by atoms with Crippen LogP contribution in [0.4, 0.5) is 0 Å². The second kappa shape index (κ2) is 4.55. The maximum Gasteiger partial charge on any atom is 0.335 e. The Balaban J connectivity index is 3.43. The average molecular weight is 228 g/mol. The Hall–Kier alpha value is -1.20. The predicted octanol–water partition coefficient (Wildman–Crippen LogP) is 1.84. The molecular formula is C10H12O4S. The fraction of sp³-hybridized carbons (Fsp3) is 0.300. The monoisotopic (exact) mass is 228 g/mol. The molecule has 0 amide bonds. The van der Waals surface area contributed by atoms with Gasteiger partial charge in [0.15, 0.2) is 11.1 Å². The van der Waals surface area contributed by atoms with Crippen molar-refractivity contribution >= 4 is 17.0 Å². The lowest BCUT2D eigenvalue weighted by Crippen LogP contribution is -2.05. The van der Waals surface area contributed by atoms with Gasteiger partial charge in [0.2, 0.25) is 0 Å². The molecular weight excluding hydrogens is 216 g/mol.